The van der Waals surface area contributed by atoms with Gasteiger partial charge < -0.3 is 29.6 Å². The van der Waals surface area contributed by atoms with E-state index in [1.165, 1.54) is 0 Å². The van der Waals surface area contributed by atoms with Crippen LogP contribution in [0.3, 0.4) is 0 Å². The number of rotatable bonds is 8. The third-order valence-corrected chi connectivity index (χ3v) is 3.86. The Balaban J connectivity index is 1.47. The number of amides is 2. The van der Waals surface area contributed by atoms with E-state index in [0.717, 1.165) is 5.56 Å². The smallest absolute Gasteiger partial charge is 0.407 e. The monoisotopic (exact) mass is 386 g/mol. The lowest BCUT2D eigenvalue weighted by molar-refractivity contribution is -0.116. The molecule has 0 unspecified atom stereocenters. The van der Waals surface area contributed by atoms with E-state index < -0.39 is 6.09 Å². The van der Waals surface area contributed by atoms with Gasteiger partial charge in [-0.2, -0.15) is 0 Å². The predicted molar refractivity (Wildman–Crippen MR) is 102 cm³/mol. The van der Waals surface area contributed by atoms with Gasteiger partial charge in [0.25, 0.3) is 0 Å². The largest absolute Gasteiger partial charge is 0.489 e. The Labute approximate surface area is 162 Å². The number of ether oxygens (including phenoxy) is 4. The maximum Gasteiger partial charge on any atom is 0.407 e. The quantitative estimate of drug-likeness (QED) is 0.724. The highest BCUT2D eigenvalue weighted by atomic mass is 16.7. The van der Waals surface area contributed by atoms with E-state index in [-0.39, 0.29) is 25.7 Å². The molecule has 0 fully saturated rings. The molecule has 8 nitrogen and oxygen atoms in total. The van der Waals surface area contributed by atoms with Gasteiger partial charge in [-0.1, -0.05) is 12.1 Å². The number of carbonyl (C=O) groups is 2. The molecular weight excluding hydrogens is 364 g/mol. The summed E-state index contributed by atoms with van der Waals surface area (Å²) in [5.74, 6) is 1.83. The van der Waals surface area contributed by atoms with Gasteiger partial charge in [-0.3, -0.25) is 4.79 Å². The zero-order valence-electron chi connectivity index (χ0n) is 15.5. The lowest BCUT2D eigenvalue weighted by Crippen LogP contribution is -2.28. The molecule has 0 saturated carbocycles. The number of fused-ring (bicyclic) bond motifs is 1. The van der Waals surface area contributed by atoms with E-state index in [4.69, 9.17) is 18.9 Å². The predicted octanol–water partition coefficient (Wildman–Crippen LogP) is 3.07. The zero-order chi connectivity index (χ0) is 19.8. The van der Waals surface area contributed by atoms with E-state index in [9.17, 15) is 9.59 Å². The van der Waals surface area contributed by atoms with Crippen LogP contribution in [0.4, 0.5) is 10.5 Å². The third-order valence-electron chi connectivity index (χ3n) is 3.86. The van der Waals surface area contributed by atoms with Gasteiger partial charge in [-0.25, -0.2) is 4.79 Å². The molecule has 2 amide bonds. The molecule has 1 aliphatic rings. The van der Waals surface area contributed by atoms with Crippen molar-refractivity contribution in [1.29, 1.82) is 0 Å². The van der Waals surface area contributed by atoms with Crippen molar-refractivity contribution >= 4 is 17.7 Å². The Hall–Kier alpha value is -3.42. The van der Waals surface area contributed by atoms with Crippen molar-refractivity contribution in [3.8, 4) is 17.2 Å². The summed E-state index contributed by atoms with van der Waals surface area (Å²) >= 11 is 0. The fourth-order valence-corrected chi connectivity index (χ4v) is 2.56. The molecular formula is C20H22N2O6. The molecule has 2 aromatic rings. The van der Waals surface area contributed by atoms with Gasteiger partial charge in [0.2, 0.25) is 12.7 Å². The van der Waals surface area contributed by atoms with E-state index in [0.29, 0.717) is 36.1 Å². The van der Waals surface area contributed by atoms with Crippen LogP contribution in [0.15, 0.2) is 42.5 Å². The van der Waals surface area contributed by atoms with E-state index in [1.54, 1.807) is 25.1 Å². The van der Waals surface area contributed by atoms with Crippen molar-refractivity contribution < 1.29 is 28.5 Å². The molecule has 0 spiro atoms. The molecule has 0 aromatic heterocycles. The maximum atomic E-state index is 12.0. The second kappa shape index (κ2) is 9.50. The SMILES string of the molecule is CCOC(=O)NCCC(=O)Nc1cccc(COc2ccc3c(c2)OCO3)c1. The molecule has 3 rings (SSSR count). The second-order valence-electron chi connectivity index (χ2n) is 5.95. The Kier molecular flexibility index (Phi) is 6.56. The zero-order valence-corrected chi connectivity index (χ0v) is 15.5. The minimum atomic E-state index is -0.530. The number of anilines is 1. The van der Waals surface area contributed by atoms with Gasteiger partial charge in [0.15, 0.2) is 11.5 Å². The minimum Gasteiger partial charge on any atom is -0.489 e. The number of alkyl carbamates (subject to hydrolysis) is 1. The maximum absolute atomic E-state index is 12.0. The summed E-state index contributed by atoms with van der Waals surface area (Å²) in [6.07, 6.45) is -0.380. The molecule has 0 radical (unpaired) electrons. The van der Waals surface area contributed by atoms with Gasteiger partial charge in [-0.15, -0.1) is 0 Å². The minimum absolute atomic E-state index is 0.150. The van der Waals surface area contributed by atoms with Crippen molar-refractivity contribution in [3.05, 3.63) is 48.0 Å². The first kappa shape index (κ1) is 19.3. The Morgan fingerprint density at radius 2 is 1.96 bits per heavy atom. The lowest BCUT2D eigenvalue weighted by Gasteiger charge is -2.10. The molecule has 0 atom stereocenters. The summed E-state index contributed by atoms with van der Waals surface area (Å²) in [4.78, 5) is 23.2. The van der Waals surface area contributed by atoms with Gasteiger partial charge in [0, 0.05) is 24.7 Å². The summed E-state index contributed by atoms with van der Waals surface area (Å²) in [6, 6.07) is 12.8. The van der Waals surface area contributed by atoms with Gasteiger partial charge in [0.05, 0.1) is 6.61 Å². The molecule has 28 heavy (non-hydrogen) atoms. The Morgan fingerprint density at radius 1 is 1.11 bits per heavy atom. The summed E-state index contributed by atoms with van der Waals surface area (Å²) < 4.78 is 21.1. The Bertz CT molecular complexity index is 839. The summed E-state index contributed by atoms with van der Waals surface area (Å²) in [5.41, 5.74) is 1.56. The van der Waals surface area contributed by atoms with Crippen LogP contribution in [0.25, 0.3) is 0 Å². The van der Waals surface area contributed by atoms with Crippen LogP contribution in [-0.4, -0.2) is 31.9 Å². The van der Waals surface area contributed by atoms with Crippen LogP contribution in [0.5, 0.6) is 17.2 Å². The molecule has 148 valence electrons. The summed E-state index contributed by atoms with van der Waals surface area (Å²) in [6.45, 7) is 2.77. The van der Waals surface area contributed by atoms with Crippen molar-refractivity contribution in [2.45, 2.75) is 20.0 Å². The lowest BCUT2D eigenvalue weighted by atomic mass is 10.2. The van der Waals surface area contributed by atoms with Gasteiger partial charge in [0.1, 0.15) is 12.4 Å². The summed E-state index contributed by atoms with van der Waals surface area (Å²) in [7, 11) is 0. The fourth-order valence-electron chi connectivity index (χ4n) is 2.56. The highest BCUT2D eigenvalue weighted by molar-refractivity contribution is 5.91. The van der Waals surface area contributed by atoms with Crippen LogP contribution < -0.4 is 24.8 Å². The molecule has 1 heterocycles. The van der Waals surface area contributed by atoms with Crippen molar-refractivity contribution in [2.24, 2.45) is 0 Å². The van der Waals surface area contributed by atoms with E-state index in [2.05, 4.69) is 10.6 Å². The highest BCUT2D eigenvalue weighted by Gasteiger charge is 2.13. The molecule has 0 saturated heterocycles. The van der Waals surface area contributed by atoms with Crippen molar-refractivity contribution in [2.75, 3.05) is 25.3 Å². The normalized spacial score (nSPS) is 11.6. The summed E-state index contributed by atoms with van der Waals surface area (Å²) in [5, 5.41) is 5.30. The molecule has 8 heteroatoms. The van der Waals surface area contributed by atoms with Crippen LogP contribution in [0, 0.1) is 0 Å². The average molecular weight is 386 g/mol. The highest BCUT2D eigenvalue weighted by Crippen LogP contribution is 2.35. The Morgan fingerprint density at radius 3 is 2.82 bits per heavy atom. The van der Waals surface area contributed by atoms with E-state index >= 15 is 0 Å². The first-order valence-electron chi connectivity index (χ1n) is 8.96. The molecule has 2 N–H and O–H groups in total. The topological polar surface area (TPSA) is 95.1 Å². The average Bonchev–Trinajstić information content (AvgIpc) is 3.15. The van der Waals surface area contributed by atoms with Crippen molar-refractivity contribution in [3.63, 3.8) is 0 Å². The molecule has 0 aliphatic carbocycles. The first-order chi connectivity index (χ1) is 13.6. The standard InChI is InChI=1S/C20H22N2O6/c1-2-25-20(24)21-9-8-19(23)22-15-5-3-4-14(10-15)12-26-16-6-7-17-18(11-16)28-13-27-17/h3-7,10-11H,2,8-9,12-13H2,1H3,(H,21,24)(H,22,23). The van der Waals surface area contributed by atoms with E-state index in [1.807, 2.05) is 24.3 Å². The van der Waals surface area contributed by atoms with Crippen LogP contribution in [0.2, 0.25) is 0 Å². The number of carbonyl (C=O) groups excluding carboxylic acids is 2. The van der Waals surface area contributed by atoms with Crippen LogP contribution in [-0.2, 0) is 16.1 Å². The van der Waals surface area contributed by atoms with Gasteiger partial charge in [-0.05, 0) is 36.8 Å². The first-order valence-corrected chi connectivity index (χ1v) is 8.96. The molecule has 1 aliphatic heterocycles. The third kappa shape index (κ3) is 5.54. The molecule has 2 aromatic carbocycles. The number of benzene rings is 2. The van der Waals surface area contributed by atoms with Gasteiger partial charge >= 0.3 is 6.09 Å². The van der Waals surface area contributed by atoms with Crippen LogP contribution in [0.1, 0.15) is 18.9 Å². The second-order valence-corrected chi connectivity index (χ2v) is 5.95. The fraction of sp³-hybridized carbons (Fsp3) is 0.300. The van der Waals surface area contributed by atoms with Crippen molar-refractivity contribution in [1.82, 2.24) is 5.32 Å². The van der Waals surface area contributed by atoms with Crippen LogP contribution >= 0.6 is 0 Å². The molecule has 0 bridgehead atoms. The number of hydrogen-bond donors (Lipinski definition) is 2. The number of hydrogen-bond acceptors (Lipinski definition) is 6. The number of nitrogens with one attached hydrogen (secondary N) is 2.